The SMILES string of the molecule is O=C(O)NC(CCc1ncc(F)cn1)CS(=O)(=O)N1CCN(c2ncc(-c3ccccn3)cn2)CC1. The Balaban J connectivity index is 1.34. The lowest BCUT2D eigenvalue weighted by Crippen LogP contribution is -2.52. The van der Waals surface area contributed by atoms with Crippen LogP contribution in [0.25, 0.3) is 11.3 Å². The van der Waals surface area contributed by atoms with Crippen molar-refractivity contribution in [1.29, 1.82) is 0 Å². The number of nitrogens with zero attached hydrogens (tertiary/aromatic N) is 7. The highest BCUT2D eigenvalue weighted by Crippen LogP contribution is 2.18. The number of hydrogen-bond acceptors (Lipinski definition) is 9. The lowest BCUT2D eigenvalue weighted by Gasteiger charge is -2.34. The van der Waals surface area contributed by atoms with Crippen LogP contribution in [-0.4, -0.2) is 86.8 Å². The van der Waals surface area contributed by atoms with E-state index in [1.54, 1.807) is 18.6 Å². The van der Waals surface area contributed by atoms with Crippen molar-refractivity contribution in [3.05, 3.63) is 60.8 Å². The van der Waals surface area contributed by atoms with Crippen LogP contribution in [0.3, 0.4) is 0 Å². The van der Waals surface area contributed by atoms with E-state index in [9.17, 15) is 17.6 Å². The molecular formula is C22H25FN8O4S. The predicted molar refractivity (Wildman–Crippen MR) is 128 cm³/mol. The van der Waals surface area contributed by atoms with Crippen molar-refractivity contribution in [1.82, 2.24) is 34.5 Å². The van der Waals surface area contributed by atoms with Gasteiger partial charge in [-0.2, -0.15) is 4.31 Å². The van der Waals surface area contributed by atoms with Gasteiger partial charge in [0.05, 0.1) is 23.8 Å². The van der Waals surface area contributed by atoms with Crippen molar-refractivity contribution in [2.24, 2.45) is 0 Å². The maximum atomic E-state index is 13.0. The van der Waals surface area contributed by atoms with Crippen molar-refractivity contribution in [3.63, 3.8) is 0 Å². The molecular weight excluding hydrogens is 491 g/mol. The fraction of sp³-hybridized carbons (Fsp3) is 0.364. The number of anilines is 1. The highest BCUT2D eigenvalue weighted by Gasteiger charge is 2.31. The molecule has 0 aromatic carbocycles. The molecule has 3 aromatic heterocycles. The smallest absolute Gasteiger partial charge is 0.404 e. The highest BCUT2D eigenvalue weighted by atomic mass is 32.2. The van der Waals surface area contributed by atoms with Gasteiger partial charge in [0.15, 0.2) is 5.82 Å². The topological polar surface area (TPSA) is 154 Å². The first-order chi connectivity index (χ1) is 17.3. The first kappa shape index (κ1) is 25.3. The predicted octanol–water partition coefficient (Wildman–Crippen LogP) is 1.19. The van der Waals surface area contributed by atoms with Gasteiger partial charge in [-0.25, -0.2) is 37.5 Å². The molecule has 4 heterocycles. The average molecular weight is 517 g/mol. The van der Waals surface area contributed by atoms with Gasteiger partial charge in [0, 0.05) is 62.8 Å². The third-order valence-electron chi connectivity index (χ3n) is 5.64. The summed E-state index contributed by atoms with van der Waals surface area (Å²) in [5.74, 6) is -0.198. The number of halogens is 1. The third-order valence-corrected chi connectivity index (χ3v) is 7.62. The fourth-order valence-electron chi connectivity index (χ4n) is 3.82. The van der Waals surface area contributed by atoms with Crippen molar-refractivity contribution >= 4 is 22.1 Å². The van der Waals surface area contributed by atoms with Gasteiger partial charge in [-0.3, -0.25) is 4.98 Å². The van der Waals surface area contributed by atoms with Crippen LogP contribution in [0, 0.1) is 5.82 Å². The first-order valence-corrected chi connectivity index (χ1v) is 12.8. The summed E-state index contributed by atoms with van der Waals surface area (Å²) in [6, 6.07) is 4.69. The van der Waals surface area contributed by atoms with E-state index >= 15 is 0 Å². The number of amides is 1. The molecule has 1 aliphatic rings. The number of aryl methyl sites for hydroxylation is 1. The molecule has 3 aromatic rings. The summed E-state index contributed by atoms with van der Waals surface area (Å²) in [6.45, 7) is 1.22. The maximum absolute atomic E-state index is 13.0. The number of aromatic nitrogens is 5. The van der Waals surface area contributed by atoms with Gasteiger partial charge in [0.1, 0.15) is 5.82 Å². The zero-order chi connectivity index (χ0) is 25.5. The van der Waals surface area contributed by atoms with Gasteiger partial charge in [0.2, 0.25) is 16.0 Å². The minimum Gasteiger partial charge on any atom is -0.465 e. The summed E-state index contributed by atoms with van der Waals surface area (Å²) in [7, 11) is -3.76. The van der Waals surface area contributed by atoms with Crippen molar-refractivity contribution in [3.8, 4) is 11.3 Å². The van der Waals surface area contributed by atoms with Crippen LogP contribution in [0.2, 0.25) is 0 Å². The molecule has 1 saturated heterocycles. The molecule has 4 rings (SSSR count). The van der Waals surface area contributed by atoms with Crippen LogP contribution < -0.4 is 10.2 Å². The molecule has 1 fully saturated rings. The molecule has 36 heavy (non-hydrogen) atoms. The molecule has 1 amide bonds. The lowest BCUT2D eigenvalue weighted by molar-refractivity contribution is 0.190. The number of nitrogens with one attached hydrogen (secondary N) is 1. The second-order valence-electron chi connectivity index (χ2n) is 8.15. The molecule has 0 aliphatic carbocycles. The number of carbonyl (C=O) groups is 1. The van der Waals surface area contributed by atoms with E-state index in [4.69, 9.17) is 5.11 Å². The summed E-state index contributed by atoms with van der Waals surface area (Å²) < 4.78 is 40.4. The van der Waals surface area contributed by atoms with E-state index in [2.05, 4.69) is 30.2 Å². The van der Waals surface area contributed by atoms with Gasteiger partial charge in [-0.15, -0.1) is 0 Å². The van der Waals surface area contributed by atoms with Crippen LogP contribution >= 0.6 is 0 Å². The van der Waals surface area contributed by atoms with Crippen molar-refractivity contribution in [2.75, 3.05) is 36.8 Å². The summed E-state index contributed by atoms with van der Waals surface area (Å²) in [6.07, 6.45) is 6.08. The van der Waals surface area contributed by atoms with E-state index in [0.717, 1.165) is 23.7 Å². The second-order valence-corrected chi connectivity index (χ2v) is 10.2. The van der Waals surface area contributed by atoms with Gasteiger partial charge < -0.3 is 15.3 Å². The van der Waals surface area contributed by atoms with Gasteiger partial charge in [-0.1, -0.05) is 6.07 Å². The Morgan fingerprint density at radius 3 is 2.33 bits per heavy atom. The molecule has 1 atom stereocenters. The van der Waals surface area contributed by atoms with Gasteiger partial charge in [0.25, 0.3) is 0 Å². The molecule has 190 valence electrons. The first-order valence-electron chi connectivity index (χ1n) is 11.2. The highest BCUT2D eigenvalue weighted by molar-refractivity contribution is 7.89. The van der Waals surface area contributed by atoms with E-state index < -0.39 is 33.7 Å². The number of rotatable bonds is 9. The number of carboxylic acid groups (broad SMARTS) is 1. The summed E-state index contributed by atoms with van der Waals surface area (Å²) in [5, 5.41) is 11.4. The molecule has 12 nitrogen and oxygen atoms in total. The van der Waals surface area contributed by atoms with Crippen LogP contribution in [-0.2, 0) is 16.4 Å². The Morgan fingerprint density at radius 2 is 1.72 bits per heavy atom. The van der Waals surface area contributed by atoms with E-state index in [0.29, 0.717) is 24.9 Å². The minimum atomic E-state index is -3.76. The van der Waals surface area contributed by atoms with Crippen LogP contribution in [0.15, 0.2) is 49.2 Å². The number of piperazine rings is 1. The Kier molecular flexibility index (Phi) is 7.95. The lowest BCUT2D eigenvalue weighted by atomic mass is 10.2. The van der Waals surface area contributed by atoms with E-state index in [-0.39, 0.29) is 25.9 Å². The molecule has 0 radical (unpaired) electrons. The molecule has 1 aliphatic heterocycles. The zero-order valence-electron chi connectivity index (χ0n) is 19.2. The van der Waals surface area contributed by atoms with E-state index in [1.165, 1.54) is 4.31 Å². The van der Waals surface area contributed by atoms with Crippen molar-refractivity contribution < 1.29 is 22.7 Å². The second kappa shape index (κ2) is 11.3. The molecule has 0 spiro atoms. The number of sulfonamides is 1. The summed E-state index contributed by atoms with van der Waals surface area (Å²) >= 11 is 0. The average Bonchev–Trinajstić information content (AvgIpc) is 2.88. The molecule has 14 heteroatoms. The molecule has 0 bridgehead atoms. The normalized spacial score (nSPS) is 15.4. The standard InChI is InChI=1S/C22H25FN8O4S/c23-17-13-25-20(26-14-17)5-4-18(29-22(32)33)15-36(34,35)31-9-7-30(8-10-31)21-27-11-16(12-28-21)19-3-1-2-6-24-19/h1-3,6,11-14,18,29H,4-5,7-10,15H2,(H,32,33). The molecule has 2 N–H and O–H groups in total. The van der Waals surface area contributed by atoms with Gasteiger partial charge in [-0.05, 0) is 18.6 Å². The molecule has 1 unspecified atom stereocenters. The minimum absolute atomic E-state index is 0.146. The largest absolute Gasteiger partial charge is 0.465 e. The van der Waals surface area contributed by atoms with E-state index in [1.807, 2.05) is 23.1 Å². The fourth-order valence-corrected chi connectivity index (χ4v) is 5.51. The zero-order valence-corrected chi connectivity index (χ0v) is 20.1. The number of pyridine rings is 1. The Morgan fingerprint density at radius 1 is 1.03 bits per heavy atom. The Hall–Kier alpha value is -3.78. The van der Waals surface area contributed by atoms with Crippen molar-refractivity contribution in [2.45, 2.75) is 18.9 Å². The third kappa shape index (κ3) is 6.66. The Bertz CT molecular complexity index is 1260. The summed E-state index contributed by atoms with van der Waals surface area (Å²) in [4.78, 5) is 33.9. The Labute approximate surface area is 207 Å². The number of hydrogen-bond donors (Lipinski definition) is 2. The quantitative estimate of drug-likeness (QED) is 0.424. The van der Waals surface area contributed by atoms with Gasteiger partial charge >= 0.3 is 6.09 Å². The monoisotopic (exact) mass is 516 g/mol. The maximum Gasteiger partial charge on any atom is 0.404 e. The van der Waals surface area contributed by atoms with Crippen LogP contribution in [0.1, 0.15) is 12.2 Å². The molecule has 0 saturated carbocycles. The summed E-state index contributed by atoms with van der Waals surface area (Å²) in [5.41, 5.74) is 1.54. The van der Waals surface area contributed by atoms with Crippen LogP contribution in [0.4, 0.5) is 15.1 Å². The van der Waals surface area contributed by atoms with Crippen LogP contribution in [0.5, 0.6) is 0 Å².